The van der Waals surface area contributed by atoms with Crippen molar-refractivity contribution in [2.75, 3.05) is 12.4 Å². The molecule has 1 aliphatic rings. The Morgan fingerprint density at radius 2 is 2.33 bits per heavy atom. The highest BCUT2D eigenvalue weighted by Gasteiger charge is 2.20. The van der Waals surface area contributed by atoms with E-state index in [9.17, 15) is 4.79 Å². The molecule has 0 radical (unpaired) electrons. The van der Waals surface area contributed by atoms with E-state index in [1.165, 1.54) is 0 Å². The number of benzene rings is 1. The number of carbonyl (C=O) groups excluding carboxylic acids is 1. The number of methoxy groups -OCH3 is 1. The van der Waals surface area contributed by atoms with E-state index < -0.39 is 6.04 Å². The molecule has 0 fully saturated rings. The van der Waals surface area contributed by atoms with Gasteiger partial charge in [-0.15, -0.1) is 0 Å². The molecule has 0 spiro atoms. The van der Waals surface area contributed by atoms with Crippen molar-refractivity contribution in [3.63, 3.8) is 0 Å². The van der Waals surface area contributed by atoms with Gasteiger partial charge in [0.05, 0.1) is 13.2 Å². The first kappa shape index (κ1) is 9.98. The summed E-state index contributed by atoms with van der Waals surface area (Å²) in [6.07, 6.45) is 1.50. The monoisotopic (exact) mass is 206 g/mol. The van der Waals surface area contributed by atoms with Crippen LogP contribution in [0.5, 0.6) is 5.75 Å². The SMILES string of the molecule is COc1ccc2c(c1)NC(=O)[C@@H](N)CC2. The van der Waals surface area contributed by atoms with Crippen LogP contribution in [0.1, 0.15) is 12.0 Å². The molecule has 0 saturated carbocycles. The summed E-state index contributed by atoms with van der Waals surface area (Å²) >= 11 is 0. The zero-order valence-corrected chi connectivity index (χ0v) is 8.62. The highest BCUT2D eigenvalue weighted by molar-refractivity contribution is 5.96. The predicted octanol–water partition coefficient (Wildman–Crippen LogP) is 0.907. The van der Waals surface area contributed by atoms with Crippen LogP contribution in [0.15, 0.2) is 18.2 Å². The van der Waals surface area contributed by atoms with Crippen LogP contribution in [0.3, 0.4) is 0 Å². The molecule has 1 heterocycles. The predicted molar refractivity (Wildman–Crippen MR) is 57.9 cm³/mol. The van der Waals surface area contributed by atoms with Crippen molar-refractivity contribution in [1.29, 1.82) is 0 Å². The molecular weight excluding hydrogens is 192 g/mol. The number of fused-ring (bicyclic) bond motifs is 1. The molecule has 0 bridgehead atoms. The lowest BCUT2D eigenvalue weighted by molar-refractivity contribution is -0.117. The lowest BCUT2D eigenvalue weighted by Crippen LogP contribution is -2.34. The van der Waals surface area contributed by atoms with Gasteiger partial charge >= 0.3 is 0 Å². The van der Waals surface area contributed by atoms with Gasteiger partial charge in [-0.1, -0.05) is 6.07 Å². The molecule has 1 aromatic rings. The third-order valence-corrected chi connectivity index (χ3v) is 2.64. The van der Waals surface area contributed by atoms with Gasteiger partial charge < -0.3 is 15.8 Å². The summed E-state index contributed by atoms with van der Waals surface area (Å²) in [5, 5.41) is 2.80. The first-order valence-electron chi connectivity index (χ1n) is 4.94. The first-order valence-corrected chi connectivity index (χ1v) is 4.94. The van der Waals surface area contributed by atoms with E-state index >= 15 is 0 Å². The fraction of sp³-hybridized carbons (Fsp3) is 0.364. The zero-order valence-electron chi connectivity index (χ0n) is 8.62. The largest absolute Gasteiger partial charge is 0.497 e. The summed E-state index contributed by atoms with van der Waals surface area (Å²) in [4.78, 5) is 11.5. The van der Waals surface area contributed by atoms with Crippen molar-refractivity contribution in [2.24, 2.45) is 5.73 Å². The van der Waals surface area contributed by atoms with Crippen molar-refractivity contribution >= 4 is 11.6 Å². The smallest absolute Gasteiger partial charge is 0.241 e. The molecule has 0 aromatic heterocycles. The number of anilines is 1. The van der Waals surface area contributed by atoms with Crippen LogP contribution in [0.2, 0.25) is 0 Å². The van der Waals surface area contributed by atoms with Crippen molar-refractivity contribution in [1.82, 2.24) is 0 Å². The normalized spacial score (nSPS) is 20.1. The number of nitrogens with two attached hydrogens (primary N) is 1. The molecule has 80 valence electrons. The van der Waals surface area contributed by atoms with E-state index in [2.05, 4.69) is 5.32 Å². The van der Waals surface area contributed by atoms with Gasteiger partial charge in [-0.3, -0.25) is 4.79 Å². The summed E-state index contributed by atoms with van der Waals surface area (Å²) < 4.78 is 5.10. The van der Waals surface area contributed by atoms with Gasteiger partial charge in [-0.2, -0.15) is 0 Å². The Bertz CT molecular complexity index is 390. The number of hydrogen-bond acceptors (Lipinski definition) is 3. The Hall–Kier alpha value is -1.55. The van der Waals surface area contributed by atoms with Crippen molar-refractivity contribution in [3.05, 3.63) is 23.8 Å². The lowest BCUT2D eigenvalue weighted by atomic mass is 10.1. The average molecular weight is 206 g/mol. The summed E-state index contributed by atoms with van der Waals surface area (Å²) in [7, 11) is 1.60. The number of nitrogens with one attached hydrogen (secondary N) is 1. The quantitative estimate of drug-likeness (QED) is 0.717. The number of rotatable bonds is 1. The molecule has 1 aliphatic heterocycles. The summed E-state index contributed by atoms with van der Waals surface area (Å²) in [5.74, 6) is 0.617. The van der Waals surface area contributed by atoms with Crippen molar-refractivity contribution < 1.29 is 9.53 Å². The van der Waals surface area contributed by atoms with Crippen LogP contribution >= 0.6 is 0 Å². The molecule has 15 heavy (non-hydrogen) atoms. The van der Waals surface area contributed by atoms with Crippen LogP contribution in [0.25, 0.3) is 0 Å². The molecule has 3 N–H and O–H groups in total. The Morgan fingerprint density at radius 3 is 3.07 bits per heavy atom. The van der Waals surface area contributed by atoms with Gasteiger partial charge in [-0.25, -0.2) is 0 Å². The van der Waals surface area contributed by atoms with Crippen LogP contribution in [-0.4, -0.2) is 19.1 Å². The van der Waals surface area contributed by atoms with E-state index in [1.54, 1.807) is 7.11 Å². The number of aryl methyl sites for hydroxylation is 1. The van der Waals surface area contributed by atoms with Crippen LogP contribution < -0.4 is 15.8 Å². The van der Waals surface area contributed by atoms with Gasteiger partial charge in [0.15, 0.2) is 0 Å². The van der Waals surface area contributed by atoms with Crippen LogP contribution in [-0.2, 0) is 11.2 Å². The molecule has 0 aliphatic carbocycles. The fourth-order valence-corrected chi connectivity index (χ4v) is 1.68. The Labute approximate surface area is 88.4 Å². The van der Waals surface area contributed by atoms with E-state index in [0.717, 1.165) is 23.4 Å². The molecule has 1 amide bonds. The van der Waals surface area contributed by atoms with E-state index in [4.69, 9.17) is 10.5 Å². The average Bonchev–Trinajstić information content (AvgIpc) is 2.39. The highest BCUT2D eigenvalue weighted by atomic mass is 16.5. The third-order valence-electron chi connectivity index (χ3n) is 2.64. The molecule has 2 rings (SSSR count). The summed E-state index contributed by atoms with van der Waals surface area (Å²) in [6.45, 7) is 0. The number of amides is 1. The van der Waals surface area contributed by atoms with Gasteiger partial charge in [0, 0.05) is 11.8 Å². The molecule has 4 nitrogen and oxygen atoms in total. The second kappa shape index (κ2) is 3.90. The molecule has 1 atom stereocenters. The highest BCUT2D eigenvalue weighted by Crippen LogP contribution is 2.26. The van der Waals surface area contributed by atoms with Crippen molar-refractivity contribution in [3.8, 4) is 5.75 Å². The summed E-state index contributed by atoms with van der Waals surface area (Å²) in [5.41, 5.74) is 7.61. The molecule has 4 heteroatoms. The van der Waals surface area contributed by atoms with E-state index in [1.807, 2.05) is 18.2 Å². The van der Waals surface area contributed by atoms with Gasteiger partial charge in [0.25, 0.3) is 0 Å². The van der Waals surface area contributed by atoms with Gasteiger partial charge in [-0.05, 0) is 24.5 Å². The Balaban J connectivity index is 2.35. The molecule has 0 unspecified atom stereocenters. The zero-order chi connectivity index (χ0) is 10.8. The Kier molecular flexibility index (Phi) is 2.60. The third kappa shape index (κ3) is 1.94. The second-order valence-electron chi connectivity index (χ2n) is 3.66. The lowest BCUT2D eigenvalue weighted by Gasteiger charge is -2.08. The maximum atomic E-state index is 11.5. The minimum Gasteiger partial charge on any atom is -0.497 e. The van der Waals surface area contributed by atoms with E-state index in [0.29, 0.717) is 6.42 Å². The maximum absolute atomic E-state index is 11.5. The topological polar surface area (TPSA) is 64.3 Å². The minimum absolute atomic E-state index is 0.123. The number of ether oxygens (including phenoxy) is 1. The second-order valence-corrected chi connectivity index (χ2v) is 3.66. The number of carbonyl (C=O) groups is 1. The number of hydrogen-bond donors (Lipinski definition) is 2. The van der Waals surface area contributed by atoms with E-state index in [-0.39, 0.29) is 5.91 Å². The first-order chi connectivity index (χ1) is 7.20. The summed E-state index contributed by atoms with van der Waals surface area (Å²) in [6, 6.07) is 5.27. The standard InChI is InChI=1S/C11H14N2O2/c1-15-8-4-2-7-3-5-9(12)11(14)13-10(7)6-8/h2,4,6,9H,3,5,12H2,1H3,(H,13,14)/t9-/m0/s1. The van der Waals surface area contributed by atoms with Crippen LogP contribution in [0, 0.1) is 0 Å². The molecule has 0 saturated heterocycles. The van der Waals surface area contributed by atoms with Crippen molar-refractivity contribution in [2.45, 2.75) is 18.9 Å². The van der Waals surface area contributed by atoms with Crippen LogP contribution in [0.4, 0.5) is 5.69 Å². The minimum atomic E-state index is -0.414. The fourth-order valence-electron chi connectivity index (χ4n) is 1.68. The van der Waals surface area contributed by atoms with Gasteiger partial charge in [0.2, 0.25) is 5.91 Å². The maximum Gasteiger partial charge on any atom is 0.241 e. The molecular formula is C11H14N2O2. The van der Waals surface area contributed by atoms with Gasteiger partial charge in [0.1, 0.15) is 5.75 Å². The Morgan fingerprint density at radius 1 is 1.53 bits per heavy atom. The molecule has 1 aromatic carbocycles.